The van der Waals surface area contributed by atoms with E-state index < -0.39 is 5.37 Å². The maximum absolute atomic E-state index is 14.1. The fourth-order valence-electron chi connectivity index (χ4n) is 2.41. The van der Waals surface area contributed by atoms with Crippen LogP contribution in [0.5, 0.6) is 5.75 Å². The van der Waals surface area contributed by atoms with E-state index in [9.17, 15) is 9.18 Å². The number of thioether (sulfide) groups is 1. The first-order chi connectivity index (χ1) is 10.6. The van der Waals surface area contributed by atoms with Gasteiger partial charge in [-0.1, -0.05) is 29.8 Å². The molecular weight excluding hydrogens is 325 g/mol. The van der Waals surface area contributed by atoms with Gasteiger partial charge in [0.15, 0.2) is 0 Å². The van der Waals surface area contributed by atoms with Gasteiger partial charge in [0.25, 0.3) is 0 Å². The zero-order chi connectivity index (χ0) is 15.7. The Hall–Kier alpha value is -1.72. The maximum Gasteiger partial charge on any atom is 0.238 e. The van der Waals surface area contributed by atoms with Gasteiger partial charge in [0.1, 0.15) is 16.9 Å². The summed E-state index contributed by atoms with van der Waals surface area (Å²) in [6.45, 7) is 0. The van der Waals surface area contributed by atoms with Gasteiger partial charge in [0.2, 0.25) is 5.91 Å². The van der Waals surface area contributed by atoms with Gasteiger partial charge in [-0.15, -0.1) is 11.8 Å². The molecule has 0 spiro atoms. The van der Waals surface area contributed by atoms with Crippen molar-refractivity contribution in [2.45, 2.75) is 5.37 Å². The fourth-order valence-corrected chi connectivity index (χ4v) is 3.86. The molecule has 0 unspecified atom stereocenters. The highest BCUT2D eigenvalue weighted by atomic mass is 35.5. The van der Waals surface area contributed by atoms with E-state index >= 15 is 0 Å². The van der Waals surface area contributed by atoms with Crippen molar-refractivity contribution in [1.82, 2.24) is 0 Å². The molecule has 114 valence electrons. The van der Waals surface area contributed by atoms with Crippen molar-refractivity contribution in [1.29, 1.82) is 0 Å². The number of ether oxygens (including phenoxy) is 1. The van der Waals surface area contributed by atoms with E-state index in [1.807, 2.05) is 0 Å². The van der Waals surface area contributed by atoms with Crippen molar-refractivity contribution >= 4 is 35.0 Å². The van der Waals surface area contributed by atoms with Crippen LogP contribution in [0, 0.1) is 5.82 Å². The monoisotopic (exact) mass is 337 g/mol. The van der Waals surface area contributed by atoms with E-state index in [2.05, 4.69) is 0 Å². The molecule has 6 heteroatoms. The predicted octanol–water partition coefficient (Wildman–Crippen LogP) is 4.27. The number of benzene rings is 2. The average Bonchev–Trinajstić information content (AvgIpc) is 2.89. The standard InChI is InChI=1S/C16H13ClFNO2S/c1-21-14-7-6-10(8-12(14)17)19-15(20)9-22-16(19)11-4-2-3-5-13(11)18/h2-8,16H,9H2,1H3/t16-/m0/s1. The van der Waals surface area contributed by atoms with Gasteiger partial charge in [-0.05, 0) is 24.3 Å². The SMILES string of the molecule is COc1ccc(N2C(=O)CS[C@H]2c2ccccc2F)cc1Cl. The summed E-state index contributed by atoms with van der Waals surface area (Å²) in [5.41, 5.74) is 1.12. The third kappa shape index (κ3) is 2.66. The van der Waals surface area contributed by atoms with Crippen LogP contribution < -0.4 is 9.64 Å². The molecule has 22 heavy (non-hydrogen) atoms. The molecule has 0 bridgehead atoms. The average molecular weight is 338 g/mol. The predicted molar refractivity (Wildman–Crippen MR) is 87.1 cm³/mol. The summed E-state index contributed by atoms with van der Waals surface area (Å²) >= 11 is 7.54. The molecule has 0 N–H and O–H groups in total. The summed E-state index contributed by atoms with van der Waals surface area (Å²) in [5, 5.41) is 0.0233. The Morgan fingerprint density at radius 1 is 1.32 bits per heavy atom. The minimum absolute atomic E-state index is 0.0699. The highest BCUT2D eigenvalue weighted by Gasteiger charge is 2.35. The molecular formula is C16H13ClFNO2S. The van der Waals surface area contributed by atoms with Crippen molar-refractivity contribution in [3.8, 4) is 5.75 Å². The highest BCUT2D eigenvalue weighted by Crippen LogP contribution is 2.43. The molecule has 1 aliphatic rings. The summed E-state index contributed by atoms with van der Waals surface area (Å²) in [5.74, 6) is 0.453. The Labute approximate surface area is 137 Å². The summed E-state index contributed by atoms with van der Waals surface area (Å²) in [6, 6.07) is 11.6. The molecule has 0 aliphatic carbocycles. The summed E-state index contributed by atoms with van der Waals surface area (Å²) in [6.07, 6.45) is 0. The van der Waals surface area contributed by atoms with Crippen LogP contribution in [-0.4, -0.2) is 18.8 Å². The van der Waals surface area contributed by atoms with E-state index in [4.69, 9.17) is 16.3 Å². The smallest absolute Gasteiger partial charge is 0.238 e. The normalized spacial score (nSPS) is 17.9. The van der Waals surface area contributed by atoms with Crippen molar-refractivity contribution < 1.29 is 13.9 Å². The molecule has 1 fully saturated rings. The van der Waals surface area contributed by atoms with Crippen LogP contribution in [0.25, 0.3) is 0 Å². The van der Waals surface area contributed by atoms with Gasteiger partial charge in [0, 0.05) is 11.3 Å². The number of amides is 1. The molecule has 0 saturated carbocycles. The molecule has 1 amide bonds. The highest BCUT2D eigenvalue weighted by molar-refractivity contribution is 8.00. The van der Waals surface area contributed by atoms with Gasteiger partial charge in [0.05, 0.1) is 17.9 Å². The Balaban J connectivity index is 2.01. The van der Waals surface area contributed by atoms with Gasteiger partial charge in [-0.3, -0.25) is 9.69 Å². The van der Waals surface area contributed by atoms with Crippen LogP contribution in [-0.2, 0) is 4.79 Å². The molecule has 2 aromatic carbocycles. The second kappa shape index (κ2) is 6.18. The number of halogens is 2. The lowest BCUT2D eigenvalue weighted by molar-refractivity contribution is -0.115. The Bertz CT molecular complexity index is 725. The number of rotatable bonds is 3. The minimum atomic E-state index is -0.391. The molecule has 3 rings (SSSR count). The van der Waals surface area contributed by atoms with Crippen LogP contribution in [0.1, 0.15) is 10.9 Å². The third-order valence-electron chi connectivity index (χ3n) is 3.45. The van der Waals surface area contributed by atoms with Gasteiger partial charge in [-0.2, -0.15) is 0 Å². The van der Waals surface area contributed by atoms with Crippen molar-refractivity contribution in [2.24, 2.45) is 0 Å². The van der Waals surface area contributed by atoms with Crippen molar-refractivity contribution in [2.75, 3.05) is 17.8 Å². The first kappa shape index (κ1) is 15.2. The molecule has 1 aliphatic heterocycles. The van der Waals surface area contributed by atoms with Crippen molar-refractivity contribution in [3.63, 3.8) is 0 Å². The number of methoxy groups -OCH3 is 1. The van der Waals surface area contributed by atoms with E-state index in [1.54, 1.807) is 41.3 Å². The van der Waals surface area contributed by atoms with Gasteiger partial charge >= 0.3 is 0 Å². The summed E-state index contributed by atoms with van der Waals surface area (Å²) in [7, 11) is 1.53. The number of hydrogen-bond acceptors (Lipinski definition) is 3. The second-order valence-corrected chi connectivity index (χ2v) is 6.24. The van der Waals surface area contributed by atoms with Gasteiger partial charge in [-0.25, -0.2) is 4.39 Å². The maximum atomic E-state index is 14.1. The lowest BCUT2D eigenvalue weighted by Gasteiger charge is -2.25. The first-order valence-electron chi connectivity index (χ1n) is 6.63. The number of carbonyl (C=O) groups is 1. The van der Waals surface area contributed by atoms with E-state index in [1.165, 1.54) is 24.9 Å². The third-order valence-corrected chi connectivity index (χ3v) is 4.94. The molecule has 3 nitrogen and oxygen atoms in total. The molecule has 0 aromatic heterocycles. The number of hydrogen-bond donors (Lipinski definition) is 0. The molecule has 0 radical (unpaired) electrons. The zero-order valence-corrected chi connectivity index (χ0v) is 13.3. The summed E-state index contributed by atoms with van der Waals surface area (Å²) < 4.78 is 19.2. The zero-order valence-electron chi connectivity index (χ0n) is 11.8. The second-order valence-electron chi connectivity index (χ2n) is 4.77. The minimum Gasteiger partial charge on any atom is -0.495 e. The quantitative estimate of drug-likeness (QED) is 0.837. The lowest BCUT2D eigenvalue weighted by Crippen LogP contribution is -2.28. The molecule has 1 heterocycles. The van der Waals surface area contributed by atoms with Crippen LogP contribution in [0.3, 0.4) is 0 Å². The summed E-state index contributed by atoms with van der Waals surface area (Å²) in [4.78, 5) is 13.8. The Morgan fingerprint density at radius 3 is 2.77 bits per heavy atom. The topological polar surface area (TPSA) is 29.5 Å². The van der Waals surface area contributed by atoms with Crippen molar-refractivity contribution in [3.05, 3.63) is 58.9 Å². The fraction of sp³-hybridized carbons (Fsp3) is 0.188. The lowest BCUT2D eigenvalue weighted by atomic mass is 10.1. The number of carbonyl (C=O) groups excluding carboxylic acids is 1. The molecule has 2 aromatic rings. The van der Waals surface area contributed by atoms with Crippen LogP contribution in [0.15, 0.2) is 42.5 Å². The van der Waals surface area contributed by atoms with E-state index in [0.29, 0.717) is 27.8 Å². The van der Waals surface area contributed by atoms with Crippen LogP contribution >= 0.6 is 23.4 Å². The van der Waals surface area contributed by atoms with E-state index in [0.717, 1.165) is 0 Å². The van der Waals surface area contributed by atoms with Gasteiger partial charge < -0.3 is 4.74 Å². The Kier molecular flexibility index (Phi) is 4.27. The molecule has 1 saturated heterocycles. The largest absolute Gasteiger partial charge is 0.495 e. The van der Waals surface area contributed by atoms with Crippen LogP contribution in [0.2, 0.25) is 5.02 Å². The van der Waals surface area contributed by atoms with Crippen LogP contribution in [0.4, 0.5) is 10.1 Å². The first-order valence-corrected chi connectivity index (χ1v) is 8.06. The molecule has 1 atom stereocenters. The number of nitrogens with zero attached hydrogens (tertiary/aromatic N) is 1. The Morgan fingerprint density at radius 2 is 2.09 bits per heavy atom. The van der Waals surface area contributed by atoms with E-state index in [-0.39, 0.29) is 11.7 Å². The number of anilines is 1.